The molecule has 0 aromatic rings. The standard InChI is InChI=1S/C7H11Cl2NO2/c1-10(4-6(9)3-8)5-7(11)12-2/h3H,4-5H2,1-2H3. The number of nitrogens with zero attached hydrogens (tertiary/aromatic N) is 1. The molecule has 0 aliphatic heterocycles. The first-order valence-electron chi connectivity index (χ1n) is 3.30. The van der Waals surface area contributed by atoms with Gasteiger partial charge >= 0.3 is 5.97 Å². The molecule has 12 heavy (non-hydrogen) atoms. The maximum Gasteiger partial charge on any atom is 0.319 e. The first-order valence-corrected chi connectivity index (χ1v) is 4.11. The monoisotopic (exact) mass is 211 g/mol. The van der Waals surface area contributed by atoms with Crippen molar-refractivity contribution < 1.29 is 9.53 Å². The Kier molecular flexibility index (Phi) is 6.16. The van der Waals surface area contributed by atoms with E-state index in [9.17, 15) is 4.79 Å². The Morgan fingerprint density at radius 2 is 2.17 bits per heavy atom. The third-order valence-corrected chi connectivity index (χ3v) is 1.77. The van der Waals surface area contributed by atoms with Crippen LogP contribution in [0.1, 0.15) is 0 Å². The predicted molar refractivity (Wildman–Crippen MR) is 49.3 cm³/mol. The highest BCUT2D eigenvalue weighted by Gasteiger charge is 2.06. The van der Waals surface area contributed by atoms with Gasteiger partial charge in [0.1, 0.15) is 0 Å². The average Bonchev–Trinajstić information content (AvgIpc) is 2.03. The topological polar surface area (TPSA) is 29.5 Å². The number of methoxy groups -OCH3 is 1. The molecular weight excluding hydrogens is 201 g/mol. The van der Waals surface area contributed by atoms with Crippen molar-refractivity contribution in [1.29, 1.82) is 0 Å². The molecule has 5 heteroatoms. The fourth-order valence-corrected chi connectivity index (χ4v) is 0.906. The van der Waals surface area contributed by atoms with E-state index in [1.54, 1.807) is 11.9 Å². The van der Waals surface area contributed by atoms with Crippen LogP contribution in [0, 0.1) is 0 Å². The van der Waals surface area contributed by atoms with Gasteiger partial charge in [0.15, 0.2) is 0 Å². The smallest absolute Gasteiger partial charge is 0.319 e. The zero-order valence-electron chi connectivity index (χ0n) is 7.01. The van der Waals surface area contributed by atoms with Crippen molar-refractivity contribution in [2.75, 3.05) is 27.2 Å². The minimum absolute atomic E-state index is 0.206. The van der Waals surface area contributed by atoms with E-state index in [4.69, 9.17) is 23.2 Å². The second-order valence-electron chi connectivity index (χ2n) is 2.30. The summed E-state index contributed by atoms with van der Waals surface area (Å²) in [4.78, 5) is 12.4. The zero-order chi connectivity index (χ0) is 9.56. The third kappa shape index (κ3) is 5.41. The normalized spacial score (nSPS) is 11.9. The molecule has 0 spiro atoms. The second-order valence-corrected chi connectivity index (χ2v) is 3.01. The summed E-state index contributed by atoms with van der Waals surface area (Å²) in [6.07, 6.45) is 0. The van der Waals surface area contributed by atoms with Gasteiger partial charge in [-0.1, -0.05) is 23.2 Å². The van der Waals surface area contributed by atoms with Crippen molar-refractivity contribution in [3.63, 3.8) is 0 Å². The second kappa shape index (κ2) is 6.29. The Labute approximate surface area is 81.9 Å². The Morgan fingerprint density at radius 3 is 2.58 bits per heavy atom. The van der Waals surface area contributed by atoms with Gasteiger partial charge in [0.05, 0.1) is 13.7 Å². The van der Waals surface area contributed by atoms with Crippen LogP contribution in [0.4, 0.5) is 0 Å². The van der Waals surface area contributed by atoms with Crippen molar-refractivity contribution >= 4 is 29.2 Å². The van der Waals surface area contributed by atoms with E-state index in [0.29, 0.717) is 11.6 Å². The van der Waals surface area contributed by atoms with Gasteiger partial charge in [0.25, 0.3) is 0 Å². The van der Waals surface area contributed by atoms with Crippen LogP contribution in [0.5, 0.6) is 0 Å². The van der Waals surface area contributed by atoms with Crippen LogP contribution in [0.2, 0.25) is 0 Å². The summed E-state index contributed by atoms with van der Waals surface area (Å²) in [5.41, 5.74) is 1.27. The summed E-state index contributed by atoms with van der Waals surface area (Å²) in [6.45, 7) is 0.650. The molecule has 0 atom stereocenters. The number of likely N-dealkylation sites (N-methyl/N-ethyl adjacent to an activating group) is 1. The highest BCUT2D eigenvalue weighted by Crippen LogP contribution is 2.04. The molecule has 0 unspecified atom stereocenters. The van der Waals surface area contributed by atoms with Crippen molar-refractivity contribution in [3.8, 4) is 0 Å². The van der Waals surface area contributed by atoms with Crippen molar-refractivity contribution in [3.05, 3.63) is 10.6 Å². The maximum absolute atomic E-state index is 10.7. The van der Waals surface area contributed by atoms with Crippen LogP contribution in [0.15, 0.2) is 10.6 Å². The van der Waals surface area contributed by atoms with Crippen molar-refractivity contribution in [2.24, 2.45) is 0 Å². The lowest BCUT2D eigenvalue weighted by Crippen LogP contribution is -2.27. The van der Waals surface area contributed by atoms with Crippen LogP contribution in [-0.4, -0.2) is 38.1 Å². The fraction of sp³-hybridized carbons (Fsp3) is 0.571. The Hall–Kier alpha value is -0.250. The number of ether oxygens (including phenoxy) is 1. The maximum atomic E-state index is 10.7. The molecule has 0 rings (SSSR count). The van der Waals surface area contributed by atoms with Gasteiger partial charge in [0.2, 0.25) is 0 Å². The van der Waals surface area contributed by atoms with Gasteiger partial charge < -0.3 is 4.74 Å². The van der Waals surface area contributed by atoms with Crippen LogP contribution < -0.4 is 0 Å². The number of rotatable bonds is 4. The summed E-state index contributed by atoms with van der Waals surface area (Å²) < 4.78 is 4.46. The van der Waals surface area contributed by atoms with Gasteiger partial charge in [-0.25, -0.2) is 0 Å². The molecule has 0 saturated heterocycles. The molecule has 0 fully saturated rings. The molecular formula is C7H11Cl2NO2. The molecule has 0 aliphatic carbocycles. The molecule has 0 N–H and O–H groups in total. The van der Waals surface area contributed by atoms with E-state index in [1.165, 1.54) is 12.6 Å². The molecule has 0 aliphatic rings. The van der Waals surface area contributed by atoms with E-state index in [-0.39, 0.29) is 12.5 Å². The SMILES string of the molecule is COC(=O)CN(C)CC(Cl)=CCl. The van der Waals surface area contributed by atoms with Crippen LogP contribution in [0.3, 0.4) is 0 Å². The lowest BCUT2D eigenvalue weighted by Gasteiger charge is -2.13. The molecule has 0 amide bonds. The summed E-state index contributed by atoms with van der Waals surface area (Å²) >= 11 is 11.0. The first-order chi connectivity index (χ1) is 5.60. The minimum atomic E-state index is -0.295. The summed E-state index contributed by atoms with van der Waals surface area (Å²) in [7, 11) is 3.09. The summed E-state index contributed by atoms with van der Waals surface area (Å²) in [6, 6.07) is 0. The number of carbonyl (C=O) groups excluding carboxylic acids is 1. The van der Waals surface area contributed by atoms with Crippen molar-refractivity contribution in [2.45, 2.75) is 0 Å². The van der Waals surface area contributed by atoms with E-state index in [2.05, 4.69) is 4.74 Å². The molecule has 0 saturated carbocycles. The van der Waals surface area contributed by atoms with E-state index in [1.807, 2.05) is 0 Å². The van der Waals surface area contributed by atoms with Gasteiger partial charge in [-0.05, 0) is 7.05 Å². The Morgan fingerprint density at radius 1 is 1.58 bits per heavy atom. The molecule has 3 nitrogen and oxygen atoms in total. The molecule has 0 aromatic carbocycles. The number of halogens is 2. The highest BCUT2D eigenvalue weighted by atomic mass is 35.5. The fourth-order valence-electron chi connectivity index (χ4n) is 0.633. The van der Waals surface area contributed by atoms with Crippen molar-refractivity contribution in [1.82, 2.24) is 4.90 Å². The van der Waals surface area contributed by atoms with Gasteiger partial charge in [-0.2, -0.15) is 0 Å². The number of esters is 1. The Balaban J connectivity index is 3.74. The lowest BCUT2D eigenvalue weighted by atomic mass is 10.5. The summed E-state index contributed by atoms with van der Waals surface area (Å²) in [5.74, 6) is -0.295. The number of hydrogen-bond donors (Lipinski definition) is 0. The Bertz CT molecular complexity index is 182. The van der Waals surface area contributed by atoms with Crippen LogP contribution in [0.25, 0.3) is 0 Å². The minimum Gasteiger partial charge on any atom is -0.468 e. The number of hydrogen-bond acceptors (Lipinski definition) is 3. The van der Waals surface area contributed by atoms with Crippen LogP contribution in [-0.2, 0) is 9.53 Å². The lowest BCUT2D eigenvalue weighted by molar-refractivity contribution is -0.141. The van der Waals surface area contributed by atoms with Gasteiger partial charge in [-0.15, -0.1) is 0 Å². The molecule has 0 radical (unpaired) electrons. The molecule has 0 aromatic heterocycles. The van der Waals surface area contributed by atoms with Crippen LogP contribution >= 0.6 is 23.2 Å². The van der Waals surface area contributed by atoms with E-state index in [0.717, 1.165) is 0 Å². The summed E-state index contributed by atoms with van der Waals surface area (Å²) in [5, 5.41) is 0.489. The highest BCUT2D eigenvalue weighted by molar-refractivity contribution is 6.36. The molecule has 70 valence electrons. The largest absolute Gasteiger partial charge is 0.468 e. The van der Waals surface area contributed by atoms with E-state index < -0.39 is 0 Å². The van der Waals surface area contributed by atoms with E-state index >= 15 is 0 Å². The zero-order valence-corrected chi connectivity index (χ0v) is 8.52. The van der Waals surface area contributed by atoms with Gasteiger partial charge in [0, 0.05) is 17.1 Å². The molecule has 0 bridgehead atoms. The average molecular weight is 212 g/mol. The van der Waals surface area contributed by atoms with Gasteiger partial charge in [-0.3, -0.25) is 9.69 Å². The number of carbonyl (C=O) groups is 1. The quantitative estimate of drug-likeness (QED) is 0.660. The third-order valence-electron chi connectivity index (χ3n) is 1.17. The molecule has 0 heterocycles. The first kappa shape index (κ1) is 11.8. The predicted octanol–water partition coefficient (Wildman–Crippen LogP) is 1.41.